The molecule has 2 aromatic rings. The van der Waals surface area contributed by atoms with E-state index in [0.29, 0.717) is 12.2 Å². The molecule has 1 aliphatic heterocycles. The fourth-order valence-corrected chi connectivity index (χ4v) is 3.45. The third-order valence-corrected chi connectivity index (χ3v) is 5.02. The molecule has 1 fully saturated rings. The Balaban J connectivity index is 1.87. The lowest BCUT2D eigenvalue weighted by Gasteiger charge is -2.16. The van der Waals surface area contributed by atoms with Crippen molar-refractivity contribution in [3.05, 3.63) is 53.3 Å². The van der Waals surface area contributed by atoms with Crippen molar-refractivity contribution in [3.63, 3.8) is 0 Å². The van der Waals surface area contributed by atoms with Crippen LogP contribution in [-0.4, -0.2) is 44.8 Å². The number of hydrogen-bond acceptors (Lipinski definition) is 3. The number of carboxylic acid groups (broad SMARTS) is 1. The number of rotatable bonds is 3. The Morgan fingerprint density at radius 2 is 1.81 bits per heavy atom. The molecule has 1 saturated heterocycles. The van der Waals surface area contributed by atoms with E-state index in [-0.39, 0.29) is 23.8 Å². The molecule has 0 aliphatic carbocycles. The molecular weight excluding hydrogens is 330 g/mol. The van der Waals surface area contributed by atoms with Crippen molar-refractivity contribution in [2.24, 2.45) is 13.0 Å². The van der Waals surface area contributed by atoms with E-state index in [1.165, 1.54) is 0 Å². The van der Waals surface area contributed by atoms with E-state index in [0.717, 1.165) is 11.3 Å². The predicted molar refractivity (Wildman–Crippen MR) is 98.1 cm³/mol. The van der Waals surface area contributed by atoms with Gasteiger partial charge in [0.1, 0.15) is 5.69 Å². The van der Waals surface area contributed by atoms with Gasteiger partial charge in [0.05, 0.1) is 11.6 Å². The van der Waals surface area contributed by atoms with Crippen LogP contribution in [0.3, 0.4) is 0 Å². The number of aryl methyl sites for hydroxylation is 1. The number of nitrogens with zero attached hydrogens (tertiary/aromatic N) is 3. The summed E-state index contributed by atoms with van der Waals surface area (Å²) >= 11 is 0. The van der Waals surface area contributed by atoms with E-state index in [1.807, 2.05) is 57.2 Å². The Labute approximate surface area is 153 Å². The van der Waals surface area contributed by atoms with E-state index in [4.69, 9.17) is 0 Å². The number of aliphatic carboxylic acids is 1. The number of hydrogen-bond donors (Lipinski definition) is 1. The number of carboxylic acids is 1. The van der Waals surface area contributed by atoms with Gasteiger partial charge >= 0.3 is 5.97 Å². The summed E-state index contributed by atoms with van der Waals surface area (Å²) in [6, 6.07) is 11.4. The van der Waals surface area contributed by atoms with E-state index >= 15 is 0 Å². The summed E-state index contributed by atoms with van der Waals surface area (Å²) in [5.74, 6) is -1.83. The lowest BCUT2D eigenvalue weighted by Crippen LogP contribution is -2.31. The van der Waals surface area contributed by atoms with Crippen molar-refractivity contribution in [2.75, 3.05) is 13.1 Å². The van der Waals surface area contributed by atoms with Crippen molar-refractivity contribution in [2.45, 2.75) is 32.1 Å². The van der Waals surface area contributed by atoms with Gasteiger partial charge in [0.2, 0.25) is 0 Å². The molecule has 0 spiro atoms. The fraction of sp³-hybridized carbons (Fsp3) is 0.450. The van der Waals surface area contributed by atoms with Crippen LogP contribution >= 0.6 is 0 Å². The molecule has 0 bridgehead atoms. The number of likely N-dealkylation sites (tertiary alicyclic amines) is 1. The minimum Gasteiger partial charge on any atom is -0.481 e. The van der Waals surface area contributed by atoms with Crippen LogP contribution in [0.25, 0.3) is 0 Å². The minimum absolute atomic E-state index is 0.155. The Bertz CT molecular complexity index is 821. The molecule has 1 amide bonds. The van der Waals surface area contributed by atoms with E-state index in [1.54, 1.807) is 16.6 Å². The standard InChI is InChI=1S/C20H25N3O3/c1-20(2,3)17-10-16(22(4)21-17)18(24)23-11-14(15(12-23)19(25)26)13-8-6-5-7-9-13/h5-10,14-15H,11-12H2,1-4H3,(H,25,26). The molecule has 1 aliphatic rings. The highest BCUT2D eigenvalue weighted by Crippen LogP contribution is 2.34. The first-order chi connectivity index (χ1) is 12.2. The number of amides is 1. The first-order valence-corrected chi connectivity index (χ1v) is 8.80. The first-order valence-electron chi connectivity index (χ1n) is 8.80. The number of aromatic nitrogens is 2. The van der Waals surface area contributed by atoms with Crippen LogP contribution in [-0.2, 0) is 17.3 Å². The Hall–Kier alpha value is -2.63. The van der Waals surface area contributed by atoms with E-state index < -0.39 is 11.9 Å². The van der Waals surface area contributed by atoms with Gasteiger partial charge in [-0.2, -0.15) is 5.10 Å². The number of carbonyl (C=O) groups excluding carboxylic acids is 1. The van der Waals surface area contributed by atoms with Crippen LogP contribution in [0.5, 0.6) is 0 Å². The molecule has 2 unspecified atom stereocenters. The summed E-state index contributed by atoms with van der Waals surface area (Å²) in [7, 11) is 1.75. The molecule has 1 aromatic heterocycles. The van der Waals surface area contributed by atoms with E-state index in [2.05, 4.69) is 5.10 Å². The van der Waals surface area contributed by atoms with Crippen LogP contribution < -0.4 is 0 Å². The zero-order valence-corrected chi connectivity index (χ0v) is 15.6. The van der Waals surface area contributed by atoms with Crippen LogP contribution in [0.4, 0.5) is 0 Å². The average Bonchev–Trinajstić information content (AvgIpc) is 3.19. The summed E-state index contributed by atoms with van der Waals surface area (Å²) in [4.78, 5) is 26.4. The molecule has 1 aromatic carbocycles. The van der Waals surface area contributed by atoms with Crippen molar-refractivity contribution < 1.29 is 14.7 Å². The Kier molecular flexibility index (Phi) is 4.61. The maximum atomic E-state index is 13.0. The lowest BCUT2D eigenvalue weighted by atomic mass is 9.89. The number of benzene rings is 1. The predicted octanol–water partition coefficient (Wildman–Crippen LogP) is 2.66. The third kappa shape index (κ3) is 3.36. The Morgan fingerprint density at radius 1 is 1.15 bits per heavy atom. The molecule has 0 saturated carbocycles. The average molecular weight is 355 g/mol. The second kappa shape index (κ2) is 6.59. The molecule has 0 radical (unpaired) electrons. The van der Waals surface area contributed by atoms with Crippen molar-refractivity contribution >= 4 is 11.9 Å². The van der Waals surface area contributed by atoms with Crippen LogP contribution in [0.15, 0.2) is 36.4 Å². The van der Waals surface area contributed by atoms with Gasteiger partial charge in [0, 0.05) is 31.5 Å². The highest BCUT2D eigenvalue weighted by atomic mass is 16.4. The molecular formula is C20H25N3O3. The zero-order valence-electron chi connectivity index (χ0n) is 15.6. The normalized spacial score (nSPS) is 20.4. The van der Waals surface area contributed by atoms with Gasteiger partial charge in [-0.05, 0) is 11.6 Å². The zero-order chi connectivity index (χ0) is 19.1. The molecule has 2 atom stereocenters. The van der Waals surface area contributed by atoms with Gasteiger partial charge in [-0.25, -0.2) is 0 Å². The van der Waals surface area contributed by atoms with Gasteiger partial charge < -0.3 is 10.0 Å². The molecule has 26 heavy (non-hydrogen) atoms. The second-order valence-corrected chi connectivity index (χ2v) is 7.96. The summed E-state index contributed by atoms with van der Waals surface area (Å²) in [5, 5.41) is 14.1. The lowest BCUT2D eigenvalue weighted by molar-refractivity contribution is -0.141. The molecule has 6 heteroatoms. The van der Waals surface area contributed by atoms with E-state index in [9.17, 15) is 14.7 Å². The van der Waals surface area contributed by atoms with Gasteiger partial charge in [-0.3, -0.25) is 14.3 Å². The molecule has 2 heterocycles. The maximum Gasteiger partial charge on any atom is 0.308 e. The quantitative estimate of drug-likeness (QED) is 0.918. The van der Waals surface area contributed by atoms with Crippen LogP contribution in [0.2, 0.25) is 0 Å². The fourth-order valence-electron chi connectivity index (χ4n) is 3.45. The van der Waals surface area contributed by atoms with Crippen LogP contribution in [0.1, 0.15) is 48.4 Å². The van der Waals surface area contributed by atoms with Crippen molar-refractivity contribution in [3.8, 4) is 0 Å². The monoisotopic (exact) mass is 355 g/mol. The molecule has 3 rings (SSSR count). The van der Waals surface area contributed by atoms with Gasteiger partial charge in [0.25, 0.3) is 5.91 Å². The van der Waals surface area contributed by atoms with Gasteiger partial charge in [-0.1, -0.05) is 51.1 Å². The van der Waals surface area contributed by atoms with Crippen LogP contribution in [0, 0.1) is 5.92 Å². The van der Waals surface area contributed by atoms with Gasteiger partial charge in [-0.15, -0.1) is 0 Å². The van der Waals surface area contributed by atoms with Crippen molar-refractivity contribution in [1.29, 1.82) is 0 Å². The smallest absolute Gasteiger partial charge is 0.308 e. The van der Waals surface area contributed by atoms with Crippen molar-refractivity contribution in [1.82, 2.24) is 14.7 Å². The molecule has 6 nitrogen and oxygen atoms in total. The highest BCUT2D eigenvalue weighted by molar-refractivity contribution is 5.93. The van der Waals surface area contributed by atoms with Gasteiger partial charge in [0.15, 0.2) is 0 Å². The summed E-state index contributed by atoms with van der Waals surface area (Å²) in [6.07, 6.45) is 0. The third-order valence-electron chi connectivity index (χ3n) is 5.02. The largest absolute Gasteiger partial charge is 0.481 e. The summed E-state index contributed by atoms with van der Waals surface area (Å²) in [5.41, 5.74) is 2.14. The molecule has 1 N–H and O–H groups in total. The topological polar surface area (TPSA) is 75.4 Å². The SMILES string of the molecule is Cn1nc(C(C)(C)C)cc1C(=O)N1CC(C(=O)O)C(c2ccccc2)C1. The summed E-state index contributed by atoms with van der Waals surface area (Å²) in [6.45, 7) is 6.75. The first kappa shape index (κ1) is 18.2. The maximum absolute atomic E-state index is 13.0. The minimum atomic E-state index is -0.866. The Morgan fingerprint density at radius 3 is 2.35 bits per heavy atom. The molecule has 138 valence electrons. The highest BCUT2D eigenvalue weighted by Gasteiger charge is 2.41. The summed E-state index contributed by atoms with van der Waals surface area (Å²) < 4.78 is 1.59. The second-order valence-electron chi connectivity index (χ2n) is 7.96. The number of carbonyl (C=O) groups is 2.